The van der Waals surface area contributed by atoms with Gasteiger partial charge in [-0.3, -0.25) is 4.79 Å². The van der Waals surface area contributed by atoms with Gasteiger partial charge in [-0.25, -0.2) is 0 Å². The molecule has 1 aliphatic heterocycles. The van der Waals surface area contributed by atoms with Crippen LogP contribution in [0.25, 0.3) is 0 Å². The predicted octanol–water partition coefficient (Wildman–Crippen LogP) is 1.31. The van der Waals surface area contributed by atoms with Gasteiger partial charge < -0.3 is 19.1 Å². The maximum absolute atomic E-state index is 11.7. The molecule has 0 aromatic rings. The zero-order valence-electron chi connectivity index (χ0n) is 12.2. The molecule has 1 aliphatic rings. The summed E-state index contributed by atoms with van der Waals surface area (Å²) in [4.78, 5) is 14.0. The Morgan fingerprint density at radius 3 is 2.89 bits per heavy atom. The first-order valence-corrected chi connectivity index (χ1v) is 7.23. The average Bonchev–Trinajstić information content (AvgIpc) is 2.43. The first kappa shape index (κ1) is 16.4. The first-order chi connectivity index (χ1) is 9.27. The van der Waals surface area contributed by atoms with Crippen LogP contribution in [0.1, 0.15) is 26.2 Å². The van der Waals surface area contributed by atoms with Gasteiger partial charge in [0, 0.05) is 33.4 Å². The molecular formula is C14H27NO4. The predicted molar refractivity (Wildman–Crippen MR) is 73.1 cm³/mol. The molecule has 1 rings (SSSR count). The Labute approximate surface area is 116 Å². The highest BCUT2D eigenvalue weighted by molar-refractivity contribution is 5.72. The van der Waals surface area contributed by atoms with Crippen molar-refractivity contribution < 1.29 is 19.0 Å². The number of nitrogens with zero attached hydrogens (tertiary/aromatic N) is 1. The van der Waals surface area contributed by atoms with E-state index in [-0.39, 0.29) is 11.9 Å². The van der Waals surface area contributed by atoms with Crippen LogP contribution in [0.3, 0.4) is 0 Å². The molecule has 0 amide bonds. The lowest BCUT2D eigenvalue weighted by atomic mass is 9.98. The van der Waals surface area contributed by atoms with Crippen LogP contribution in [0.15, 0.2) is 0 Å². The molecule has 1 fully saturated rings. The topological polar surface area (TPSA) is 48.0 Å². The third-order valence-corrected chi connectivity index (χ3v) is 3.31. The van der Waals surface area contributed by atoms with Crippen molar-refractivity contribution in [3.05, 3.63) is 0 Å². The molecular weight excluding hydrogens is 246 g/mol. The van der Waals surface area contributed by atoms with Gasteiger partial charge in [0.2, 0.25) is 0 Å². The fourth-order valence-electron chi connectivity index (χ4n) is 2.31. The van der Waals surface area contributed by atoms with Crippen LogP contribution in [-0.2, 0) is 19.0 Å². The van der Waals surface area contributed by atoms with Gasteiger partial charge in [0.05, 0.1) is 19.1 Å². The summed E-state index contributed by atoms with van der Waals surface area (Å²) in [5, 5.41) is 0. The molecule has 0 saturated carbocycles. The Kier molecular flexibility index (Phi) is 8.79. The maximum Gasteiger partial charge on any atom is 0.310 e. The van der Waals surface area contributed by atoms with Gasteiger partial charge in [-0.1, -0.05) is 0 Å². The standard InChI is InChI=1S/C14H27NO4/c1-3-19-14(16)13-6-4-7-15(12-13)8-11-18-10-5-9-17-2/h13H,3-12H2,1-2H3/t13-/m1/s1. The van der Waals surface area contributed by atoms with Crippen molar-refractivity contribution >= 4 is 5.97 Å². The molecule has 19 heavy (non-hydrogen) atoms. The van der Waals surface area contributed by atoms with E-state index < -0.39 is 0 Å². The van der Waals surface area contributed by atoms with E-state index in [1.165, 1.54) is 0 Å². The van der Waals surface area contributed by atoms with Crippen molar-refractivity contribution in [3.8, 4) is 0 Å². The Morgan fingerprint density at radius 1 is 1.32 bits per heavy atom. The van der Waals surface area contributed by atoms with Crippen LogP contribution < -0.4 is 0 Å². The number of esters is 1. The van der Waals surface area contributed by atoms with E-state index in [2.05, 4.69) is 4.90 Å². The van der Waals surface area contributed by atoms with Crippen LogP contribution >= 0.6 is 0 Å². The zero-order chi connectivity index (χ0) is 13.9. The Morgan fingerprint density at radius 2 is 2.16 bits per heavy atom. The smallest absolute Gasteiger partial charge is 0.310 e. The summed E-state index contributed by atoms with van der Waals surface area (Å²) in [5.74, 6) is -0.00426. The molecule has 0 aromatic carbocycles. The monoisotopic (exact) mass is 273 g/mol. The Balaban J connectivity index is 2.11. The Bertz CT molecular complexity index is 248. The number of rotatable bonds is 9. The molecule has 0 bridgehead atoms. The molecule has 1 atom stereocenters. The summed E-state index contributed by atoms with van der Waals surface area (Å²) < 4.78 is 15.6. The van der Waals surface area contributed by atoms with Gasteiger partial charge in [0.1, 0.15) is 0 Å². The van der Waals surface area contributed by atoms with Crippen molar-refractivity contribution in [2.24, 2.45) is 5.92 Å². The van der Waals surface area contributed by atoms with Gasteiger partial charge in [0.15, 0.2) is 0 Å². The highest BCUT2D eigenvalue weighted by atomic mass is 16.5. The van der Waals surface area contributed by atoms with Gasteiger partial charge >= 0.3 is 5.97 Å². The van der Waals surface area contributed by atoms with E-state index in [9.17, 15) is 4.79 Å². The average molecular weight is 273 g/mol. The SMILES string of the molecule is CCOC(=O)[C@@H]1CCCN(CCOCCCOC)C1. The van der Waals surface area contributed by atoms with Crippen molar-refractivity contribution in [1.82, 2.24) is 4.90 Å². The summed E-state index contributed by atoms with van der Waals surface area (Å²) in [7, 11) is 1.70. The van der Waals surface area contributed by atoms with E-state index in [1.54, 1.807) is 7.11 Å². The summed E-state index contributed by atoms with van der Waals surface area (Å²) in [6, 6.07) is 0. The fourth-order valence-corrected chi connectivity index (χ4v) is 2.31. The fraction of sp³-hybridized carbons (Fsp3) is 0.929. The van der Waals surface area contributed by atoms with E-state index >= 15 is 0 Å². The largest absolute Gasteiger partial charge is 0.466 e. The summed E-state index contributed by atoms with van der Waals surface area (Å²) in [5.41, 5.74) is 0. The van der Waals surface area contributed by atoms with E-state index in [0.717, 1.165) is 58.7 Å². The lowest BCUT2D eigenvalue weighted by Crippen LogP contribution is -2.40. The molecule has 0 aromatic heterocycles. The lowest BCUT2D eigenvalue weighted by Gasteiger charge is -2.31. The molecule has 112 valence electrons. The molecule has 1 heterocycles. The van der Waals surface area contributed by atoms with Crippen molar-refractivity contribution in [2.75, 3.05) is 53.2 Å². The number of piperidine rings is 1. The number of hydrogen-bond donors (Lipinski definition) is 0. The minimum Gasteiger partial charge on any atom is -0.466 e. The lowest BCUT2D eigenvalue weighted by molar-refractivity contribution is -0.150. The molecule has 5 nitrogen and oxygen atoms in total. The normalized spacial score (nSPS) is 20.4. The van der Waals surface area contributed by atoms with Gasteiger partial charge in [0.25, 0.3) is 0 Å². The van der Waals surface area contributed by atoms with Crippen molar-refractivity contribution in [2.45, 2.75) is 26.2 Å². The van der Waals surface area contributed by atoms with E-state index in [1.807, 2.05) is 6.92 Å². The van der Waals surface area contributed by atoms with Crippen molar-refractivity contribution in [1.29, 1.82) is 0 Å². The highest BCUT2D eigenvalue weighted by Crippen LogP contribution is 2.17. The van der Waals surface area contributed by atoms with Crippen LogP contribution in [0.5, 0.6) is 0 Å². The molecule has 0 unspecified atom stereocenters. The second-order valence-electron chi connectivity index (χ2n) is 4.85. The summed E-state index contributed by atoms with van der Waals surface area (Å²) >= 11 is 0. The van der Waals surface area contributed by atoms with Crippen LogP contribution in [0, 0.1) is 5.92 Å². The van der Waals surface area contributed by atoms with Crippen LogP contribution in [-0.4, -0.2) is 64.0 Å². The number of hydrogen-bond acceptors (Lipinski definition) is 5. The number of carbonyl (C=O) groups excluding carboxylic acids is 1. The number of carbonyl (C=O) groups is 1. The summed E-state index contributed by atoms with van der Waals surface area (Å²) in [6.45, 7) is 7.28. The highest BCUT2D eigenvalue weighted by Gasteiger charge is 2.26. The third-order valence-electron chi connectivity index (χ3n) is 3.31. The molecule has 1 saturated heterocycles. The van der Waals surface area contributed by atoms with Crippen LogP contribution in [0.4, 0.5) is 0 Å². The number of ether oxygens (including phenoxy) is 3. The number of methoxy groups -OCH3 is 1. The minimum atomic E-state index is -0.0480. The zero-order valence-corrected chi connectivity index (χ0v) is 12.2. The molecule has 0 radical (unpaired) electrons. The second kappa shape index (κ2) is 10.2. The van der Waals surface area contributed by atoms with Gasteiger partial charge in [-0.15, -0.1) is 0 Å². The number of likely N-dealkylation sites (tertiary alicyclic amines) is 1. The van der Waals surface area contributed by atoms with E-state index in [0.29, 0.717) is 6.61 Å². The summed E-state index contributed by atoms with van der Waals surface area (Å²) in [6.07, 6.45) is 2.94. The van der Waals surface area contributed by atoms with Gasteiger partial charge in [-0.2, -0.15) is 0 Å². The quantitative estimate of drug-likeness (QED) is 0.468. The maximum atomic E-state index is 11.7. The molecule has 5 heteroatoms. The van der Waals surface area contributed by atoms with Gasteiger partial charge in [-0.05, 0) is 32.7 Å². The molecule has 0 aliphatic carbocycles. The molecule has 0 N–H and O–H groups in total. The second-order valence-corrected chi connectivity index (χ2v) is 4.85. The minimum absolute atomic E-state index is 0.0437. The third kappa shape index (κ3) is 6.89. The molecule has 0 spiro atoms. The van der Waals surface area contributed by atoms with Crippen LogP contribution in [0.2, 0.25) is 0 Å². The van der Waals surface area contributed by atoms with E-state index in [4.69, 9.17) is 14.2 Å². The first-order valence-electron chi connectivity index (χ1n) is 7.23. The Hall–Kier alpha value is -0.650. The van der Waals surface area contributed by atoms with Crippen molar-refractivity contribution in [3.63, 3.8) is 0 Å².